The van der Waals surface area contributed by atoms with E-state index in [0.717, 1.165) is 40.5 Å². The fourth-order valence-electron chi connectivity index (χ4n) is 2.28. The number of unbranched alkanes of at least 4 members (excludes halogenated alkanes) is 1. The molecule has 2 aromatic carbocycles. The lowest BCUT2D eigenvalue weighted by molar-refractivity contribution is 0.309. The summed E-state index contributed by atoms with van der Waals surface area (Å²) in [6.45, 7) is 2.86. The van der Waals surface area contributed by atoms with Crippen molar-refractivity contribution in [2.24, 2.45) is 5.10 Å². The van der Waals surface area contributed by atoms with Crippen LogP contribution in [0.4, 0.5) is 5.13 Å². The van der Waals surface area contributed by atoms with Gasteiger partial charge in [0.1, 0.15) is 5.75 Å². The average molecular weight is 386 g/mol. The van der Waals surface area contributed by atoms with Crippen LogP contribution in [0.3, 0.4) is 0 Å². The van der Waals surface area contributed by atoms with Crippen molar-refractivity contribution in [2.45, 2.75) is 19.8 Å². The summed E-state index contributed by atoms with van der Waals surface area (Å²) in [6.07, 6.45) is 3.90. The number of anilines is 1. The zero-order chi connectivity index (χ0) is 18.2. The van der Waals surface area contributed by atoms with Crippen LogP contribution in [0.1, 0.15) is 25.3 Å². The van der Waals surface area contributed by atoms with Crippen molar-refractivity contribution in [2.75, 3.05) is 12.0 Å². The van der Waals surface area contributed by atoms with Gasteiger partial charge in [-0.1, -0.05) is 49.2 Å². The van der Waals surface area contributed by atoms with Gasteiger partial charge < -0.3 is 4.74 Å². The minimum Gasteiger partial charge on any atom is -0.493 e. The van der Waals surface area contributed by atoms with Crippen molar-refractivity contribution in [3.05, 3.63) is 64.5 Å². The van der Waals surface area contributed by atoms with E-state index in [4.69, 9.17) is 16.3 Å². The lowest BCUT2D eigenvalue weighted by Gasteiger charge is -2.07. The fourth-order valence-corrected chi connectivity index (χ4v) is 3.07. The molecule has 1 heterocycles. The molecule has 4 nitrogen and oxygen atoms in total. The maximum Gasteiger partial charge on any atom is 0.203 e. The molecule has 0 aliphatic rings. The highest BCUT2D eigenvalue weighted by Crippen LogP contribution is 2.26. The number of nitrogens with zero attached hydrogens (tertiary/aromatic N) is 2. The first-order valence-corrected chi connectivity index (χ1v) is 9.74. The molecule has 3 aromatic rings. The Morgan fingerprint density at radius 3 is 2.81 bits per heavy atom. The minimum atomic E-state index is 0.714. The van der Waals surface area contributed by atoms with E-state index in [-0.39, 0.29) is 0 Å². The second-order valence-corrected chi connectivity index (χ2v) is 6.95. The van der Waals surface area contributed by atoms with Crippen molar-refractivity contribution in [1.29, 1.82) is 0 Å². The maximum atomic E-state index is 5.92. The van der Waals surface area contributed by atoms with Gasteiger partial charge in [0.2, 0.25) is 5.13 Å². The van der Waals surface area contributed by atoms with Crippen molar-refractivity contribution >= 4 is 34.3 Å². The second-order valence-electron chi connectivity index (χ2n) is 5.65. The molecule has 6 heteroatoms. The van der Waals surface area contributed by atoms with Gasteiger partial charge in [-0.2, -0.15) is 5.10 Å². The molecule has 0 saturated carbocycles. The summed E-state index contributed by atoms with van der Waals surface area (Å²) in [5, 5.41) is 7.73. The third-order valence-electron chi connectivity index (χ3n) is 3.68. The van der Waals surface area contributed by atoms with Gasteiger partial charge >= 0.3 is 0 Å². The summed E-state index contributed by atoms with van der Waals surface area (Å²) < 4.78 is 5.81. The van der Waals surface area contributed by atoms with E-state index in [9.17, 15) is 0 Å². The van der Waals surface area contributed by atoms with Gasteiger partial charge in [0.05, 0.1) is 18.5 Å². The van der Waals surface area contributed by atoms with E-state index in [0.29, 0.717) is 11.6 Å². The number of hydrazone groups is 1. The zero-order valence-corrected chi connectivity index (χ0v) is 16.1. The number of rotatable bonds is 8. The third-order valence-corrected chi connectivity index (χ3v) is 4.68. The number of ether oxygens (including phenoxy) is 1. The van der Waals surface area contributed by atoms with Gasteiger partial charge in [-0.25, -0.2) is 4.98 Å². The molecule has 3 rings (SSSR count). The van der Waals surface area contributed by atoms with E-state index < -0.39 is 0 Å². The number of hydrogen-bond donors (Lipinski definition) is 1. The smallest absolute Gasteiger partial charge is 0.203 e. The van der Waals surface area contributed by atoms with Crippen molar-refractivity contribution in [3.8, 4) is 17.0 Å². The van der Waals surface area contributed by atoms with Crippen molar-refractivity contribution in [3.63, 3.8) is 0 Å². The summed E-state index contributed by atoms with van der Waals surface area (Å²) in [6, 6.07) is 15.5. The second kappa shape index (κ2) is 9.36. The Labute approximate surface area is 162 Å². The monoisotopic (exact) mass is 385 g/mol. The summed E-state index contributed by atoms with van der Waals surface area (Å²) >= 11 is 7.43. The zero-order valence-electron chi connectivity index (χ0n) is 14.5. The van der Waals surface area contributed by atoms with Crippen LogP contribution in [-0.2, 0) is 0 Å². The Hall–Kier alpha value is -2.37. The molecule has 1 aromatic heterocycles. The summed E-state index contributed by atoms with van der Waals surface area (Å²) in [4.78, 5) is 4.54. The molecule has 0 fully saturated rings. The topological polar surface area (TPSA) is 46.5 Å². The molecule has 0 radical (unpaired) electrons. The highest BCUT2D eigenvalue weighted by molar-refractivity contribution is 7.14. The maximum absolute atomic E-state index is 5.92. The Morgan fingerprint density at radius 2 is 2.00 bits per heavy atom. The van der Waals surface area contributed by atoms with Gasteiger partial charge in [-0.3, -0.25) is 5.43 Å². The molecule has 0 bridgehead atoms. The van der Waals surface area contributed by atoms with Crippen molar-refractivity contribution < 1.29 is 4.74 Å². The molecule has 0 spiro atoms. The average Bonchev–Trinajstić information content (AvgIpc) is 3.13. The van der Waals surface area contributed by atoms with Crippen LogP contribution in [0.5, 0.6) is 5.75 Å². The molecule has 0 atom stereocenters. The predicted molar refractivity (Wildman–Crippen MR) is 111 cm³/mol. The molecular weight excluding hydrogens is 366 g/mol. The van der Waals surface area contributed by atoms with Crippen molar-refractivity contribution in [1.82, 2.24) is 4.98 Å². The molecule has 0 amide bonds. The molecular formula is C20H20ClN3OS. The number of aromatic nitrogens is 1. The molecule has 0 aliphatic heterocycles. The van der Waals surface area contributed by atoms with Crippen LogP contribution >= 0.6 is 22.9 Å². The van der Waals surface area contributed by atoms with E-state index >= 15 is 0 Å². The number of hydrogen-bond acceptors (Lipinski definition) is 5. The van der Waals surface area contributed by atoms with Gasteiger partial charge in [0.15, 0.2) is 0 Å². The third kappa shape index (κ3) is 5.07. The number of para-hydroxylation sites is 1. The van der Waals surface area contributed by atoms with Crippen LogP contribution in [-0.4, -0.2) is 17.8 Å². The molecule has 1 N–H and O–H groups in total. The highest BCUT2D eigenvalue weighted by Gasteiger charge is 2.04. The number of thiazole rings is 1. The Morgan fingerprint density at radius 1 is 1.19 bits per heavy atom. The predicted octanol–water partition coefficient (Wildman–Crippen LogP) is 6.09. The number of nitrogens with one attached hydrogen (secondary N) is 1. The van der Waals surface area contributed by atoms with Gasteiger partial charge in [-0.15, -0.1) is 11.3 Å². The molecule has 26 heavy (non-hydrogen) atoms. The summed E-state index contributed by atoms with van der Waals surface area (Å²) in [7, 11) is 0. The van der Waals surface area contributed by atoms with Gasteiger partial charge in [0.25, 0.3) is 0 Å². The molecule has 134 valence electrons. The van der Waals surface area contributed by atoms with E-state index in [1.54, 1.807) is 6.21 Å². The summed E-state index contributed by atoms with van der Waals surface area (Å²) in [5.41, 5.74) is 5.84. The van der Waals surface area contributed by atoms with Gasteiger partial charge in [-0.05, 0) is 30.7 Å². The first-order valence-electron chi connectivity index (χ1n) is 8.48. The Bertz CT molecular complexity index is 862. The van der Waals surface area contributed by atoms with Crippen LogP contribution in [0.15, 0.2) is 59.0 Å². The standard InChI is InChI=1S/C20H20ClN3OS/c1-2-3-12-25-19-7-5-4-6-16(19)13-22-24-20-23-18(14-26-20)15-8-10-17(21)11-9-15/h4-11,13-14H,2-3,12H2,1H3,(H,23,24)/b22-13-. The molecule has 0 unspecified atom stereocenters. The first kappa shape index (κ1) is 18.4. The van der Waals surface area contributed by atoms with Crippen LogP contribution < -0.4 is 10.2 Å². The van der Waals surface area contributed by atoms with Crippen LogP contribution in [0.2, 0.25) is 5.02 Å². The number of benzene rings is 2. The van der Waals surface area contributed by atoms with Crippen LogP contribution in [0, 0.1) is 0 Å². The minimum absolute atomic E-state index is 0.714. The molecule has 0 aliphatic carbocycles. The Kier molecular flexibility index (Phi) is 6.63. The van der Waals surface area contributed by atoms with Crippen LogP contribution in [0.25, 0.3) is 11.3 Å². The fraction of sp³-hybridized carbons (Fsp3) is 0.200. The van der Waals surface area contributed by atoms with E-state index in [1.807, 2.05) is 53.9 Å². The Balaban J connectivity index is 1.63. The largest absolute Gasteiger partial charge is 0.493 e. The van der Waals surface area contributed by atoms with Gasteiger partial charge in [0, 0.05) is 21.5 Å². The van der Waals surface area contributed by atoms with E-state index in [1.165, 1.54) is 11.3 Å². The SMILES string of the molecule is CCCCOc1ccccc1/C=N\Nc1nc(-c2ccc(Cl)cc2)cs1. The van der Waals surface area contributed by atoms with E-state index in [2.05, 4.69) is 22.4 Å². The summed E-state index contributed by atoms with van der Waals surface area (Å²) in [5.74, 6) is 0.840. The quantitative estimate of drug-likeness (QED) is 0.290. The normalized spacial score (nSPS) is 11.0. The molecule has 0 saturated heterocycles. The highest BCUT2D eigenvalue weighted by atomic mass is 35.5. The lowest BCUT2D eigenvalue weighted by atomic mass is 10.2. The first-order chi connectivity index (χ1) is 12.8. The lowest BCUT2D eigenvalue weighted by Crippen LogP contribution is -2.00. The number of halogens is 1.